The zero-order valence-corrected chi connectivity index (χ0v) is 23.9. The second-order valence-corrected chi connectivity index (χ2v) is 11.7. The quantitative estimate of drug-likeness (QED) is 0.204. The lowest BCUT2D eigenvalue weighted by atomic mass is 9.98. The molecule has 0 atom stereocenters. The van der Waals surface area contributed by atoms with Crippen LogP contribution in [0, 0.1) is 0 Å². The third-order valence-electron chi connectivity index (χ3n) is 9.46. The van der Waals surface area contributed by atoms with E-state index in [4.69, 9.17) is 0 Å². The summed E-state index contributed by atoms with van der Waals surface area (Å²) in [6, 6.07) is 57.6. The molecule has 0 amide bonds. The Morgan fingerprint density at radius 2 is 0.909 bits per heavy atom. The van der Waals surface area contributed by atoms with Crippen molar-refractivity contribution in [3.05, 3.63) is 158 Å². The molecule has 10 rings (SSSR count). The second-order valence-electron chi connectivity index (χ2n) is 11.7. The molecule has 7 aromatic carbocycles. The van der Waals surface area contributed by atoms with Gasteiger partial charge in [-0.1, -0.05) is 127 Å². The van der Waals surface area contributed by atoms with E-state index in [1.54, 1.807) is 0 Å². The average Bonchev–Trinajstić information content (AvgIpc) is 3.57. The summed E-state index contributed by atoms with van der Waals surface area (Å²) < 4.78 is 5.02. The molecule has 44 heavy (non-hydrogen) atoms. The summed E-state index contributed by atoms with van der Waals surface area (Å²) >= 11 is 0. The van der Waals surface area contributed by atoms with Gasteiger partial charge in [-0.15, -0.1) is 0 Å². The summed E-state index contributed by atoms with van der Waals surface area (Å²) in [5.74, 6) is 0. The highest BCUT2D eigenvalue weighted by atomic mass is 15.0. The normalized spacial score (nSPS) is 12.1. The molecule has 0 saturated heterocycles. The highest BCUT2D eigenvalue weighted by molar-refractivity contribution is 6.34. The molecule has 0 radical (unpaired) electrons. The Hall–Kier alpha value is -5.86. The number of benzene rings is 7. The van der Waals surface area contributed by atoms with E-state index >= 15 is 0 Å². The Bertz CT molecular complexity index is 2690. The lowest BCUT2D eigenvalue weighted by Crippen LogP contribution is -1.97. The minimum absolute atomic E-state index is 1.19. The average molecular weight is 559 g/mol. The monoisotopic (exact) mass is 558 g/mol. The largest absolute Gasteiger partial charge is 0.309 e. The van der Waals surface area contributed by atoms with Crippen molar-refractivity contribution in [1.82, 2.24) is 8.97 Å². The van der Waals surface area contributed by atoms with Gasteiger partial charge in [0.2, 0.25) is 0 Å². The van der Waals surface area contributed by atoms with E-state index in [2.05, 4.69) is 167 Å². The molecule has 0 unspecified atom stereocenters. The summed E-state index contributed by atoms with van der Waals surface area (Å²) in [6.45, 7) is 0. The molecule has 2 nitrogen and oxygen atoms in total. The van der Waals surface area contributed by atoms with Crippen molar-refractivity contribution in [1.29, 1.82) is 0 Å². The maximum atomic E-state index is 2.53. The number of hydrogen-bond donors (Lipinski definition) is 0. The van der Waals surface area contributed by atoms with Crippen LogP contribution in [-0.2, 0) is 0 Å². The van der Waals surface area contributed by atoms with Gasteiger partial charge in [0.25, 0.3) is 0 Å². The molecule has 3 heterocycles. The molecule has 0 N–H and O–H groups in total. The number of aromatic nitrogens is 2. The summed E-state index contributed by atoms with van der Waals surface area (Å²) in [5, 5.41) is 7.74. The Labute approximate surface area is 254 Å². The van der Waals surface area contributed by atoms with E-state index in [9.17, 15) is 0 Å². The summed E-state index contributed by atoms with van der Waals surface area (Å²) in [4.78, 5) is 0. The minimum Gasteiger partial charge on any atom is -0.309 e. The lowest BCUT2D eigenvalue weighted by Gasteiger charge is -2.14. The number of para-hydroxylation sites is 2. The Morgan fingerprint density at radius 3 is 1.75 bits per heavy atom. The smallest absolute Gasteiger partial charge is 0.0642 e. The molecule has 0 saturated carbocycles. The van der Waals surface area contributed by atoms with Crippen LogP contribution >= 0.6 is 0 Å². The van der Waals surface area contributed by atoms with Crippen LogP contribution in [0.3, 0.4) is 0 Å². The van der Waals surface area contributed by atoms with Gasteiger partial charge in [-0.2, -0.15) is 0 Å². The van der Waals surface area contributed by atoms with Gasteiger partial charge in [0, 0.05) is 32.5 Å². The van der Waals surface area contributed by atoms with Crippen LogP contribution in [0.2, 0.25) is 0 Å². The molecule has 0 bridgehead atoms. The third-order valence-corrected chi connectivity index (χ3v) is 9.46. The number of hydrogen-bond acceptors (Lipinski definition) is 0. The number of rotatable bonds is 3. The van der Waals surface area contributed by atoms with Crippen molar-refractivity contribution in [3.8, 4) is 27.9 Å². The van der Waals surface area contributed by atoms with Gasteiger partial charge >= 0.3 is 0 Å². The predicted octanol–water partition coefficient (Wildman–Crippen LogP) is 11.3. The van der Waals surface area contributed by atoms with Crippen LogP contribution in [0.25, 0.3) is 87.8 Å². The molecular weight excluding hydrogens is 532 g/mol. The van der Waals surface area contributed by atoms with Crippen LogP contribution in [0.5, 0.6) is 0 Å². The van der Waals surface area contributed by atoms with Crippen LogP contribution in [-0.4, -0.2) is 8.97 Å². The fraction of sp³-hybridized carbons (Fsp3) is 0. The van der Waals surface area contributed by atoms with Gasteiger partial charge in [-0.05, 0) is 52.4 Å². The van der Waals surface area contributed by atoms with Gasteiger partial charge < -0.3 is 8.97 Å². The van der Waals surface area contributed by atoms with Crippen LogP contribution in [0.4, 0.5) is 0 Å². The van der Waals surface area contributed by atoms with Gasteiger partial charge in [-0.25, -0.2) is 0 Å². The standard InChI is InChI=1S/C42H26N2/c1-3-13-27(14-4-1)29-17-7-9-21-34(29)43-37-24-12-20-32-31-18-8-10-22-35(31)44-36-23-11-19-30(28-15-5-2-6-16-28)39(36)33-25-26-38(43)41(40(32)37)42(33)44/h1-26H. The maximum absolute atomic E-state index is 2.53. The van der Waals surface area contributed by atoms with E-state index in [0.717, 1.165) is 0 Å². The van der Waals surface area contributed by atoms with Crippen LogP contribution in [0.1, 0.15) is 0 Å². The van der Waals surface area contributed by atoms with Crippen molar-refractivity contribution in [2.45, 2.75) is 0 Å². The van der Waals surface area contributed by atoms with Crippen molar-refractivity contribution in [3.63, 3.8) is 0 Å². The molecule has 0 aliphatic rings. The molecule has 204 valence electrons. The molecular formula is C42H26N2. The highest BCUT2D eigenvalue weighted by Crippen LogP contribution is 2.47. The highest BCUT2D eigenvalue weighted by Gasteiger charge is 2.24. The third kappa shape index (κ3) is 3.04. The Morgan fingerprint density at radius 1 is 0.318 bits per heavy atom. The lowest BCUT2D eigenvalue weighted by molar-refractivity contribution is 1.18. The maximum Gasteiger partial charge on any atom is 0.0642 e. The number of fused-ring (bicyclic) bond motifs is 6. The first-order valence-corrected chi connectivity index (χ1v) is 15.2. The van der Waals surface area contributed by atoms with E-state index in [0.29, 0.717) is 0 Å². The molecule has 0 fully saturated rings. The zero-order chi connectivity index (χ0) is 28.8. The van der Waals surface area contributed by atoms with Gasteiger partial charge in [0.05, 0.1) is 33.3 Å². The van der Waals surface area contributed by atoms with E-state index in [1.807, 2.05) is 0 Å². The molecule has 0 aliphatic carbocycles. The second kappa shape index (κ2) is 8.82. The van der Waals surface area contributed by atoms with Crippen molar-refractivity contribution >= 4 is 59.9 Å². The van der Waals surface area contributed by atoms with Gasteiger partial charge in [0.1, 0.15) is 0 Å². The van der Waals surface area contributed by atoms with Crippen LogP contribution in [0.15, 0.2) is 158 Å². The topological polar surface area (TPSA) is 9.34 Å². The van der Waals surface area contributed by atoms with Gasteiger partial charge in [0.15, 0.2) is 0 Å². The molecule has 0 aliphatic heterocycles. The van der Waals surface area contributed by atoms with E-state index < -0.39 is 0 Å². The van der Waals surface area contributed by atoms with E-state index in [1.165, 1.54) is 87.8 Å². The van der Waals surface area contributed by atoms with E-state index in [-0.39, 0.29) is 0 Å². The molecule has 2 heteroatoms. The Kier molecular flexibility index (Phi) is 4.75. The summed E-state index contributed by atoms with van der Waals surface area (Å²) in [7, 11) is 0. The van der Waals surface area contributed by atoms with Gasteiger partial charge in [-0.3, -0.25) is 0 Å². The first-order chi connectivity index (χ1) is 21.9. The first kappa shape index (κ1) is 23.7. The molecule has 0 spiro atoms. The van der Waals surface area contributed by atoms with Crippen molar-refractivity contribution in [2.75, 3.05) is 0 Å². The first-order valence-electron chi connectivity index (χ1n) is 15.2. The fourth-order valence-electron chi connectivity index (χ4n) is 7.72. The van der Waals surface area contributed by atoms with Crippen LogP contribution < -0.4 is 0 Å². The number of nitrogens with zero attached hydrogens (tertiary/aromatic N) is 2. The summed E-state index contributed by atoms with van der Waals surface area (Å²) in [6.07, 6.45) is 0. The minimum atomic E-state index is 1.19. The van der Waals surface area contributed by atoms with Crippen molar-refractivity contribution < 1.29 is 0 Å². The Balaban J connectivity index is 1.48. The van der Waals surface area contributed by atoms with Crippen molar-refractivity contribution in [2.24, 2.45) is 0 Å². The predicted molar refractivity (Wildman–Crippen MR) is 186 cm³/mol. The SMILES string of the molecule is c1ccc(-c2ccccc2-n2c3cccc4c5ccccc5n5c6cccc(-c7ccccc7)c6c6ccc2c(c43)c65)cc1. The zero-order valence-electron chi connectivity index (χ0n) is 23.9. The molecule has 10 aromatic rings. The molecule has 3 aromatic heterocycles. The summed E-state index contributed by atoms with van der Waals surface area (Å²) in [5.41, 5.74) is 12.3. The fourth-order valence-corrected chi connectivity index (χ4v) is 7.72.